The lowest BCUT2D eigenvalue weighted by Crippen LogP contribution is -2.36. The van der Waals surface area contributed by atoms with Gasteiger partial charge in [-0.3, -0.25) is 4.79 Å². The number of anilines is 1. The molecule has 1 aliphatic heterocycles. The van der Waals surface area contributed by atoms with E-state index in [9.17, 15) is 4.79 Å². The van der Waals surface area contributed by atoms with Crippen LogP contribution < -0.4 is 9.64 Å². The summed E-state index contributed by atoms with van der Waals surface area (Å²) in [6.45, 7) is 2.95. The second-order valence-electron chi connectivity index (χ2n) is 6.63. The van der Waals surface area contributed by atoms with E-state index in [2.05, 4.69) is 16.3 Å². The summed E-state index contributed by atoms with van der Waals surface area (Å²) in [5.41, 5.74) is 3.36. The normalized spacial score (nSPS) is 13.2. The molecule has 1 aromatic heterocycles. The van der Waals surface area contributed by atoms with Gasteiger partial charge in [-0.15, -0.1) is 10.2 Å². The Kier molecular flexibility index (Phi) is 5.62. The van der Waals surface area contributed by atoms with Crippen molar-refractivity contribution in [1.82, 2.24) is 10.2 Å². The zero-order chi connectivity index (χ0) is 19.3. The number of carbonyl (C=O) groups excluding carboxylic acids is 1. The number of ether oxygens (including phenoxy) is 1. The summed E-state index contributed by atoms with van der Waals surface area (Å²) in [6, 6.07) is 15.8. The van der Waals surface area contributed by atoms with E-state index in [-0.39, 0.29) is 18.3 Å². The molecule has 2 heterocycles. The molecule has 4 rings (SSSR count). The molecule has 0 aliphatic carbocycles. The first-order chi connectivity index (χ1) is 13.7. The van der Waals surface area contributed by atoms with Crippen molar-refractivity contribution in [2.24, 2.45) is 0 Å². The zero-order valence-corrected chi connectivity index (χ0v) is 16.4. The predicted octanol–water partition coefficient (Wildman–Crippen LogP) is 4.03. The molecule has 28 heavy (non-hydrogen) atoms. The third-order valence-electron chi connectivity index (χ3n) is 4.53. The van der Waals surface area contributed by atoms with Crippen molar-refractivity contribution in [2.75, 3.05) is 17.2 Å². The summed E-state index contributed by atoms with van der Waals surface area (Å²) in [5.74, 6) is 1.45. The Balaban J connectivity index is 1.32. The van der Waals surface area contributed by atoms with Crippen molar-refractivity contribution < 1.29 is 13.9 Å². The Morgan fingerprint density at radius 2 is 2.11 bits per heavy atom. The molecular weight excluding hydrogens is 374 g/mol. The maximum absolute atomic E-state index is 12.7. The molecule has 6 nitrogen and oxygen atoms in total. The summed E-state index contributed by atoms with van der Waals surface area (Å²) >= 11 is 1.25. The van der Waals surface area contributed by atoms with Crippen LogP contribution >= 0.6 is 11.8 Å². The maximum Gasteiger partial charge on any atom is 0.277 e. The standard InChI is InChI=1S/C21H21N3O3S/c1-15-6-4-9-17(12-15)26-13-19-22-23-21(27-19)28-14-20(25)24-11-5-8-16-7-2-3-10-18(16)24/h2-4,6-7,9-10,12H,5,8,11,13-14H2,1H3. The van der Waals surface area contributed by atoms with E-state index < -0.39 is 0 Å². The third kappa shape index (κ3) is 4.36. The van der Waals surface area contributed by atoms with Gasteiger partial charge in [0.15, 0.2) is 6.61 Å². The first-order valence-electron chi connectivity index (χ1n) is 9.22. The molecule has 7 heteroatoms. The van der Waals surface area contributed by atoms with Gasteiger partial charge in [0, 0.05) is 12.2 Å². The lowest BCUT2D eigenvalue weighted by Gasteiger charge is -2.29. The van der Waals surface area contributed by atoms with Crippen LogP contribution in [0.25, 0.3) is 0 Å². The van der Waals surface area contributed by atoms with Crippen molar-refractivity contribution in [2.45, 2.75) is 31.6 Å². The van der Waals surface area contributed by atoms with E-state index >= 15 is 0 Å². The van der Waals surface area contributed by atoms with Crippen molar-refractivity contribution in [1.29, 1.82) is 0 Å². The number of aromatic nitrogens is 2. The highest BCUT2D eigenvalue weighted by Crippen LogP contribution is 2.28. The second-order valence-corrected chi connectivity index (χ2v) is 7.56. The number of fused-ring (bicyclic) bond motifs is 1. The fourth-order valence-corrected chi connectivity index (χ4v) is 3.86. The molecule has 0 unspecified atom stereocenters. The maximum atomic E-state index is 12.7. The number of benzene rings is 2. The van der Waals surface area contributed by atoms with Crippen LogP contribution in [0.15, 0.2) is 58.2 Å². The van der Waals surface area contributed by atoms with E-state index in [1.165, 1.54) is 17.3 Å². The highest BCUT2D eigenvalue weighted by atomic mass is 32.2. The van der Waals surface area contributed by atoms with Crippen LogP contribution in [0.2, 0.25) is 0 Å². The number of amides is 1. The van der Waals surface area contributed by atoms with Crippen LogP contribution in [0.4, 0.5) is 5.69 Å². The summed E-state index contributed by atoms with van der Waals surface area (Å²) in [4.78, 5) is 14.5. The van der Waals surface area contributed by atoms with E-state index in [1.54, 1.807) is 0 Å². The molecule has 0 N–H and O–H groups in total. The molecule has 0 bridgehead atoms. The minimum atomic E-state index is 0.0490. The van der Waals surface area contributed by atoms with Crippen LogP contribution in [0.3, 0.4) is 0 Å². The molecule has 1 aliphatic rings. The number of hydrogen-bond acceptors (Lipinski definition) is 6. The Morgan fingerprint density at radius 1 is 1.21 bits per heavy atom. The van der Waals surface area contributed by atoms with Gasteiger partial charge in [-0.1, -0.05) is 42.1 Å². The lowest BCUT2D eigenvalue weighted by molar-refractivity contribution is -0.116. The van der Waals surface area contributed by atoms with E-state index in [1.807, 2.05) is 54.3 Å². The van der Waals surface area contributed by atoms with Gasteiger partial charge in [-0.2, -0.15) is 0 Å². The molecule has 0 spiro atoms. The van der Waals surface area contributed by atoms with Crippen LogP contribution in [0.5, 0.6) is 5.75 Å². The van der Waals surface area contributed by atoms with Gasteiger partial charge in [-0.25, -0.2) is 0 Å². The van der Waals surface area contributed by atoms with Crippen LogP contribution in [0, 0.1) is 6.92 Å². The van der Waals surface area contributed by atoms with Gasteiger partial charge < -0.3 is 14.1 Å². The topological polar surface area (TPSA) is 68.5 Å². The molecule has 0 atom stereocenters. The van der Waals surface area contributed by atoms with E-state index in [0.717, 1.165) is 36.4 Å². The third-order valence-corrected chi connectivity index (χ3v) is 5.33. The first-order valence-corrected chi connectivity index (χ1v) is 10.2. The largest absolute Gasteiger partial charge is 0.484 e. The van der Waals surface area contributed by atoms with Gasteiger partial charge in [0.05, 0.1) is 5.75 Å². The number of nitrogens with zero attached hydrogens (tertiary/aromatic N) is 3. The summed E-state index contributed by atoms with van der Waals surface area (Å²) in [6.07, 6.45) is 2.00. The van der Waals surface area contributed by atoms with E-state index in [4.69, 9.17) is 9.15 Å². The quantitative estimate of drug-likeness (QED) is 0.587. The van der Waals surface area contributed by atoms with Gasteiger partial charge in [0.1, 0.15) is 5.75 Å². The molecule has 2 aromatic carbocycles. The summed E-state index contributed by atoms with van der Waals surface area (Å²) in [7, 11) is 0. The fourth-order valence-electron chi connectivity index (χ4n) is 3.20. The Morgan fingerprint density at radius 3 is 3.00 bits per heavy atom. The molecule has 0 radical (unpaired) electrons. The number of aryl methyl sites for hydroxylation is 2. The van der Waals surface area contributed by atoms with Gasteiger partial charge in [0.2, 0.25) is 5.91 Å². The number of thioether (sulfide) groups is 1. The summed E-state index contributed by atoms with van der Waals surface area (Å²) in [5, 5.41) is 8.37. The molecule has 3 aromatic rings. The number of rotatable bonds is 6. The first kappa shape index (κ1) is 18.6. The second kappa shape index (κ2) is 8.48. The Bertz CT molecular complexity index is 973. The minimum absolute atomic E-state index is 0.0490. The van der Waals surface area contributed by atoms with Crippen LogP contribution in [-0.2, 0) is 17.8 Å². The van der Waals surface area contributed by atoms with Crippen molar-refractivity contribution in [3.05, 3.63) is 65.5 Å². The Labute approximate surface area is 167 Å². The minimum Gasteiger partial charge on any atom is -0.484 e. The SMILES string of the molecule is Cc1cccc(OCc2nnc(SCC(=O)N3CCCc4ccccc43)o2)c1. The van der Waals surface area contributed by atoms with Crippen molar-refractivity contribution in [3.8, 4) is 5.75 Å². The highest BCUT2D eigenvalue weighted by Gasteiger charge is 2.22. The average Bonchev–Trinajstić information content (AvgIpc) is 3.18. The lowest BCUT2D eigenvalue weighted by atomic mass is 10.0. The highest BCUT2D eigenvalue weighted by molar-refractivity contribution is 7.99. The van der Waals surface area contributed by atoms with Gasteiger partial charge in [-0.05, 0) is 49.1 Å². The van der Waals surface area contributed by atoms with Gasteiger partial charge in [0.25, 0.3) is 11.1 Å². The zero-order valence-electron chi connectivity index (χ0n) is 15.6. The average molecular weight is 395 g/mol. The monoisotopic (exact) mass is 395 g/mol. The molecule has 1 amide bonds. The van der Waals surface area contributed by atoms with Crippen LogP contribution in [0.1, 0.15) is 23.4 Å². The molecule has 0 fully saturated rings. The molecular formula is C21H21N3O3S. The molecule has 0 saturated carbocycles. The smallest absolute Gasteiger partial charge is 0.277 e. The number of hydrogen-bond donors (Lipinski definition) is 0. The molecule has 144 valence electrons. The molecule has 0 saturated heterocycles. The van der Waals surface area contributed by atoms with Gasteiger partial charge >= 0.3 is 0 Å². The van der Waals surface area contributed by atoms with Crippen LogP contribution in [-0.4, -0.2) is 28.4 Å². The number of carbonyl (C=O) groups is 1. The Hall–Kier alpha value is -2.80. The fraction of sp³-hybridized carbons (Fsp3) is 0.286. The van der Waals surface area contributed by atoms with E-state index in [0.29, 0.717) is 11.1 Å². The number of para-hydroxylation sites is 1. The van der Waals surface area contributed by atoms with Crippen molar-refractivity contribution >= 4 is 23.4 Å². The summed E-state index contributed by atoms with van der Waals surface area (Å²) < 4.78 is 11.3. The van der Waals surface area contributed by atoms with Crippen molar-refractivity contribution in [3.63, 3.8) is 0 Å². The predicted molar refractivity (Wildman–Crippen MR) is 108 cm³/mol.